The minimum Gasteiger partial charge on any atom is -0.392 e. The second kappa shape index (κ2) is 7.08. The Morgan fingerprint density at radius 2 is 2.04 bits per heavy atom. The normalized spacial score (nSPS) is 27.8. The number of amides is 1. The van der Waals surface area contributed by atoms with Crippen LogP contribution >= 0.6 is 23.7 Å². The summed E-state index contributed by atoms with van der Waals surface area (Å²) in [5, 5.41) is 15.8. The van der Waals surface area contributed by atoms with E-state index >= 15 is 0 Å². The van der Waals surface area contributed by atoms with Gasteiger partial charge in [0.05, 0.1) is 28.2 Å². The van der Waals surface area contributed by atoms with Crippen molar-refractivity contribution in [1.29, 1.82) is 0 Å². The molecule has 26 heavy (non-hydrogen) atoms. The number of β-amino-alcohol motifs (C(OH)–C–C–N with tert-alkyl or cyclic N) is 1. The Bertz CT molecular complexity index is 851. The molecule has 1 aromatic carbocycles. The molecule has 1 amide bonds. The Hall–Kier alpha value is -1.80. The molecule has 4 rings (SSSR count). The van der Waals surface area contributed by atoms with Crippen LogP contribution < -0.4 is 10.6 Å². The fourth-order valence-electron chi connectivity index (χ4n) is 3.37. The number of thiazole rings is 1. The average Bonchev–Trinajstić information content (AvgIpc) is 3.29. The highest BCUT2D eigenvalue weighted by atomic mass is 35.5. The molecule has 0 saturated carbocycles. The van der Waals surface area contributed by atoms with Gasteiger partial charge in [0.25, 0.3) is 5.91 Å². The Kier molecular flexibility index (Phi) is 5.16. The maximum absolute atomic E-state index is 12.6. The molecule has 1 fully saturated rings. The summed E-state index contributed by atoms with van der Waals surface area (Å²) in [6.07, 6.45) is 0.178. The average molecular weight is 393 g/mol. The van der Waals surface area contributed by atoms with E-state index in [0.717, 1.165) is 21.7 Å². The van der Waals surface area contributed by atoms with Gasteiger partial charge in [0.2, 0.25) is 0 Å². The van der Waals surface area contributed by atoms with Crippen molar-refractivity contribution in [3.05, 3.63) is 41.0 Å². The molecule has 3 atom stereocenters. The number of aliphatic imine (C=N–C) groups is 1. The highest BCUT2D eigenvalue weighted by Crippen LogP contribution is 2.33. The number of hydrogen-bond acceptors (Lipinski definition) is 6. The van der Waals surface area contributed by atoms with Crippen LogP contribution in [0.5, 0.6) is 0 Å². The van der Waals surface area contributed by atoms with Crippen molar-refractivity contribution in [3.63, 3.8) is 0 Å². The number of nitrogens with zero attached hydrogens (tertiary/aromatic N) is 2. The number of aliphatic hydroxyl groups excluding tert-OH is 1. The van der Waals surface area contributed by atoms with Gasteiger partial charge >= 0.3 is 0 Å². The molecule has 2 aromatic rings. The molecular formula is C18H21ClN4O2S. The van der Waals surface area contributed by atoms with Crippen LogP contribution in [0.25, 0.3) is 10.4 Å². The second-order valence-corrected chi connectivity index (χ2v) is 7.57. The Morgan fingerprint density at radius 1 is 1.31 bits per heavy atom. The van der Waals surface area contributed by atoms with Crippen molar-refractivity contribution in [2.75, 3.05) is 6.54 Å². The third-order valence-corrected chi connectivity index (χ3v) is 5.90. The molecule has 1 saturated heterocycles. The fraction of sp³-hybridized carbons (Fsp3) is 0.389. The number of aromatic nitrogens is 1. The lowest BCUT2D eigenvalue weighted by Crippen LogP contribution is -2.41. The van der Waals surface area contributed by atoms with E-state index in [-0.39, 0.29) is 24.4 Å². The number of nitrogens with one attached hydrogen (secondary N) is 2. The molecule has 1 unspecified atom stereocenters. The van der Waals surface area contributed by atoms with Gasteiger partial charge in [0.15, 0.2) is 5.54 Å². The number of aryl methyl sites for hydroxylation is 1. The fourth-order valence-corrected chi connectivity index (χ4v) is 4.18. The van der Waals surface area contributed by atoms with E-state index in [1.54, 1.807) is 11.3 Å². The number of halogens is 1. The summed E-state index contributed by atoms with van der Waals surface area (Å²) in [6, 6.07) is 7.84. The van der Waals surface area contributed by atoms with Gasteiger partial charge in [-0.2, -0.15) is 0 Å². The molecule has 0 radical (unpaired) electrons. The highest BCUT2D eigenvalue weighted by molar-refractivity contribution is 7.13. The van der Waals surface area contributed by atoms with Gasteiger partial charge in [0.1, 0.15) is 5.84 Å². The molecule has 0 spiro atoms. The lowest BCUT2D eigenvalue weighted by molar-refractivity contribution is -0.123. The van der Waals surface area contributed by atoms with Gasteiger partial charge in [0, 0.05) is 6.54 Å². The number of hydrogen-bond donors (Lipinski definition) is 3. The maximum Gasteiger partial charge on any atom is 0.257 e. The van der Waals surface area contributed by atoms with Crippen LogP contribution in [0.2, 0.25) is 0 Å². The summed E-state index contributed by atoms with van der Waals surface area (Å²) in [5.74, 6) is 0.485. The van der Waals surface area contributed by atoms with Gasteiger partial charge < -0.3 is 15.7 Å². The minimum atomic E-state index is -0.939. The zero-order valence-corrected chi connectivity index (χ0v) is 16.2. The lowest BCUT2D eigenvalue weighted by Gasteiger charge is -2.18. The van der Waals surface area contributed by atoms with Gasteiger partial charge in [-0.25, -0.2) is 9.98 Å². The molecule has 0 bridgehead atoms. The van der Waals surface area contributed by atoms with Crippen LogP contribution in [-0.4, -0.2) is 40.5 Å². The number of carbonyl (C=O) groups excluding carboxylic acids is 1. The predicted molar refractivity (Wildman–Crippen MR) is 105 cm³/mol. The number of amidine groups is 1. The number of carbonyl (C=O) groups is 1. The zero-order valence-electron chi connectivity index (χ0n) is 14.5. The first-order chi connectivity index (χ1) is 12.0. The van der Waals surface area contributed by atoms with Crippen LogP contribution in [0.15, 0.2) is 34.8 Å². The third-order valence-electron chi connectivity index (χ3n) is 4.92. The largest absolute Gasteiger partial charge is 0.392 e. The van der Waals surface area contributed by atoms with E-state index in [2.05, 4.69) is 20.6 Å². The van der Waals surface area contributed by atoms with Gasteiger partial charge in [-0.15, -0.1) is 23.7 Å². The summed E-state index contributed by atoms with van der Waals surface area (Å²) in [6.45, 7) is 4.35. The molecule has 0 aliphatic carbocycles. The molecule has 2 aliphatic rings. The summed E-state index contributed by atoms with van der Waals surface area (Å²) >= 11 is 1.61. The molecular weight excluding hydrogens is 372 g/mol. The maximum atomic E-state index is 12.6. The van der Waals surface area contributed by atoms with Crippen LogP contribution in [-0.2, 0) is 10.3 Å². The van der Waals surface area contributed by atoms with Crippen LogP contribution in [0, 0.1) is 6.92 Å². The summed E-state index contributed by atoms with van der Waals surface area (Å²) in [5.41, 5.74) is 3.85. The number of benzene rings is 1. The summed E-state index contributed by atoms with van der Waals surface area (Å²) in [4.78, 5) is 22.7. The monoisotopic (exact) mass is 392 g/mol. The Labute approximate surface area is 162 Å². The number of aliphatic hydroxyl groups is 1. The zero-order chi connectivity index (χ0) is 17.6. The molecule has 1 aromatic heterocycles. The first kappa shape index (κ1) is 19.0. The van der Waals surface area contributed by atoms with E-state index in [1.165, 1.54) is 0 Å². The molecule has 138 valence electrons. The first-order valence-corrected chi connectivity index (χ1v) is 9.19. The third kappa shape index (κ3) is 3.16. The van der Waals surface area contributed by atoms with E-state index in [1.807, 2.05) is 43.6 Å². The van der Waals surface area contributed by atoms with Crippen LogP contribution in [0.4, 0.5) is 0 Å². The first-order valence-electron chi connectivity index (χ1n) is 8.31. The van der Waals surface area contributed by atoms with Crippen molar-refractivity contribution in [3.8, 4) is 10.4 Å². The van der Waals surface area contributed by atoms with E-state index < -0.39 is 11.6 Å². The topological polar surface area (TPSA) is 86.6 Å². The van der Waals surface area contributed by atoms with Crippen LogP contribution in [0.3, 0.4) is 0 Å². The molecule has 6 nitrogen and oxygen atoms in total. The van der Waals surface area contributed by atoms with Gasteiger partial charge in [-0.3, -0.25) is 4.79 Å². The van der Waals surface area contributed by atoms with E-state index in [4.69, 9.17) is 0 Å². The minimum absolute atomic E-state index is 0. The van der Waals surface area contributed by atoms with Crippen molar-refractivity contribution in [2.24, 2.45) is 4.99 Å². The summed E-state index contributed by atoms with van der Waals surface area (Å²) in [7, 11) is 0. The Morgan fingerprint density at radius 3 is 2.62 bits per heavy atom. The molecule has 2 aliphatic heterocycles. The van der Waals surface area contributed by atoms with E-state index in [0.29, 0.717) is 18.8 Å². The molecule has 8 heteroatoms. The van der Waals surface area contributed by atoms with Gasteiger partial charge in [-0.05, 0) is 31.4 Å². The highest BCUT2D eigenvalue weighted by Gasteiger charge is 2.43. The van der Waals surface area contributed by atoms with Crippen molar-refractivity contribution < 1.29 is 9.90 Å². The standard InChI is InChI=1S/C18H20N4O2S.ClH/c1-10-15(25-9-20-10)11-3-5-12(6-4-11)18(2)17(24)21-16(22-18)14-7-13(23)8-19-14;/h3-6,9,13-14,19,23H,7-8H2,1-2H3,(H,21,22,24);1H/t13-,14?,18+;/m1./s1. The van der Waals surface area contributed by atoms with Crippen molar-refractivity contribution >= 4 is 35.5 Å². The lowest BCUT2D eigenvalue weighted by atomic mass is 9.91. The SMILES string of the molecule is Cc1ncsc1-c1ccc([C@]2(C)N=C(C3C[C@@H](O)CN3)NC2=O)cc1.Cl. The smallest absolute Gasteiger partial charge is 0.257 e. The number of rotatable bonds is 3. The molecule has 3 N–H and O–H groups in total. The Balaban J connectivity index is 0.00000196. The van der Waals surface area contributed by atoms with Crippen molar-refractivity contribution in [2.45, 2.75) is 38.0 Å². The second-order valence-electron chi connectivity index (χ2n) is 6.72. The van der Waals surface area contributed by atoms with E-state index in [9.17, 15) is 9.90 Å². The van der Waals surface area contributed by atoms with Gasteiger partial charge in [-0.1, -0.05) is 24.3 Å². The quantitative estimate of drug-likeness (QED) is 0.745. The predicted octanol–water partition coefficient (Wildman–Crippen LogP) is 2.01. The summed E-state index contributed by atoms with van der Waals surface area (Å²) < 4.78 is 0. The van der Waals surface area contributed by atoms with Crippen molar-refractivity contribution in [1.82, 2.24) is 15.6 Å². The molecule has 3 heterocycles. The van der Waals surface area contributed by atoms with Crippen LogP contribution in [0.1, 0.15) is 24.6 Å².